The molecular formula is C19H20O5S. The van der Waals surface area contributed by atoms with Gasteiger partial charge >= 0.3 is 11.9 Å². The second-order valence-electron chi connectivity index (χ2n) is 5.42. The molecule has 0 unspecified atom stereocenters. The maximum Gasteiger partial charge on any atom is 0.328 e. The van der Waals surface area contributed by atoms with Crippen LogP contribution in [-0.2, 0) is 24.5 Å². The summed E-state index contributed by atoms with van der Waals surface area (Å²) >= 11 is 1.10. The molecule has 1 heterocycles. The van der Waals surface area contributed by atoms with E-state index in [1.54, 1.807) is 50.2 Å². The van der Waals surface area contributed by atoms with Gasteiger partial charge in [0.25, 0.3) is 0 Å². The van der Waals surface area contributed by atoms with Crippen molar-refractivity contribution in [2.24, 2.45) is 0 Å². The molecule has 2 rings (SSSR count). The number of benzene rings is 1. The summed E-state index contributed by atoms with van der Waals surface area (Å²) < 4.78 is 10.1. The van der Waals surface area contributed by atoms with Crippen LogP contribution in [0.5, 0.6) is 0 Å². The second kappa shape index (κ2) is 8.07. The zero-order valence-electron chi connectivity index (χ0n) is 14.4. The zero-order valence-corrected chi connectivity index (χ0v) is 15.2. The van der Waals surface area contributed by atoms with Gasteiger partial charge in [0.1, 0.15) is 0 Å². The van der Waals surface area contributed by atoms with Gasteiger partial charge in [-0.1, -0.05) is 30.3 Å². The lowest BCUT2D eigenvalue weighted by atomic mass is 9.89. The number of hydrogen-bond donors (Lipinski definition) is 0. The topological polar surface area (TPSA) is 69.7 Å². The van der Waals surface area contributed by atoms with Crippen LogP contribution in [-0.4, -0.2) is 30.9 Å². The number of hydrogen-bond acceptors (Lipinski definition) is 6. The second-order valence-corrected chi connectivity index (χ2v) is 6.51. The van der Waals surface area contributed by atoms with Gasteiger partial charge in [-0.2, -0.15) is 0 Å². The van der Waals surface area contributed by atoms with Gasteiger partial charge in [-0.3, -0.25) is 14.4 Å². The number of rotatable bonds is 7. The molecule has 0 fully saturated rings. The molecule has 132 valence electrons. The monoisotopic (exact) mass is 360 g/mol. The van der Waals surface area contributed by atoms with Crippen molar-refractivity contribution in [3.8, 4) is 0 Å². The summed E-state index contributed by atoms with van der Waals surface area (Å²) in [6.07, 6.45) is 0. The Morgan fingerprint density at radius 3 is 2.00 bits per heavy atom. The van der Waals surface area contributed by atoms with Crippen molar-refractivity contribution >= 4 is 29.1 Å². The Hall–Kier alpha value is -2.47. The molecule has 0 spiro atoms. The van der Waals surface area contributed by atoms with E-state index < -0.39 is 17.4 Å². The average molecular weight is 360 g/mol. The first-order valence-corrected chi connectivity index (χ1v) is 8.81. The van der Waals surface area contributed by atoms with Crippen LogP contribution in [0, 0.1) is 0 Å². The highest BCUT2D eigenvalue weighted by Gasteiger charge is 2.47. The molecule has 1 aromatic carbocycles. The maximum absolute atomic E-state index is 12.6. The van der Waals surface area contributed by atoms with Gasteiger partial charge in [-0.05, 0) is 32.9 Å². The summed E-state index contributed by atoms with van der Waals surface area (Å²) in [4.78, 5) is 38.3. The number of carbonyl (C=O) groups is 3. The fraction of sp³-hybridized carbons (Fsp3) is 0.316. The molecule has 0 saturated heterocycles. The van der Waals surface area contributed by atoms with Gasteiger partial charge in [0.15, 0.2) is 5.41 Å². The van der Waals surface area contributed by atoms with Crippen LogP contribution < -0.4 is 0 Å². The largest absolute Gasteiger partial charge is 0.465 e. The summed E-state index contributed by atoms with van der Waals surface area (Å²) in [6.45, 7) is 5.10. The first kappa shape index (κ1) is 18.9. The molecule has 0 aliphatic carbocycles. The van der Waals surface area contributed by atoms with E-state index in [0.717, 1.165) is 11.3 Å². The minimum Gasteiger partial charge on any atom is -0.465 e. The van der Waals surface area contributed by atoms with E-state index in [9.17, 15) is 14.4 Å². The quantitative estimate of drug-likeness (QED) is 0.430. The molecule has 0 amide bonds. The molecule has 1 aromatic heterocycles. The third kappa shape index (κ3) is 3.79. The zero-order chi connectivity index (χ0) is 18.4. The highest BCUT2D eigenvalue weighted by molar-refractivity contribution is 7.14. The van der Waals surface area contributed by atoms with E-state index in [-0.39, 0.29) is 19.0 Å². The lowest BCUT2D eigenvalue weighted by Crippen LogP contribution is -2.43. The summed E-state index contributed by atoms with van der Waals surface area (Å²) in [5, 5.41) is 0. The third-order valence-electron chi connectivity index (χ3n) is 3.73. The third-order valence-corrected chi connectivity index (χ3v) is 5.03. The van der Waals surface area contributed by atoms with E-state index in [1.807, 2.05) is 6.07 Å². The van der Waals surface area contributed by atoms with Gasteiger partial charge in [-0.15, -0.1) is 11.3 Å². The van der Waals surface area contributed by atoms with Gasteiger partial charge in [0, 0.05) is 10.4 Å². The highest BCUT2D eigenvalue weighted by atomic mass is 32.1. The van der Waals surface area contributed by atoms with Crippen LogP contribution in [0.3, 0.4) is 0 Å². The van der Waals surface area contributed by atoms with Crippen molar-refractivity contribution in [1.29, 1.82) is 0 Å². The molecule has 2 aromatic rings. The Kier molecular flexibility index (Phi) is 6.09. The maximum atomic E-state index is 12.6. The van der Waals surface area contributed by atoms with Crippen LogP contribution >= 0.6 is 11.3 Å². The van der Waals surface area contributed by atoms with E-state index >= 15 is 0 Å². The molecule has 6 heteroatoms. The number of thiophene rings is 1. The Labute approximate surface area is 150 Å². The van der Waals surface area contributed by atoms with Crippen LogP contribution in [0.1, 0.15) is 40.9 Å². The molecule has 0 N–H and O–H groups in total. The van der Waals surface area contributed by atoms with Crippen molar-refractivity contribution in [3.63, 3.8) is 0 Å². The SMILES string of the molecule is CCOC(=O)C(C)(C(=O)OCC)c1ccc(C(=O)c2ccccc2)s1. The van der Waals surface area contributed by atoms with Crippen LogP contribution in [0.4, 0.5) is 0 Å². The van der Waals surface area contributed by atoms with E-state index in [0.29, 0.717) is 15.3 Å². The molecule has 0 saturated carbocycles. The number of esters is 2. The lowest BCUT2D eigenvalue weighted by Gasteiger charge is -2.23. The summed E-state index contributed by atoms with van der Waals surface area (Å²) in [5.41, 5.74) is -1.05. The van der Waals surface area contributed by atoms with Gasteiger partial charge < -0.3 is 9.47 Å². The van der Waals surface area contributed by atoms with Crippen LogP contribution in [0.2, 0.25) is 0 Å². The number of ketones is 1. The molecule has 0 aliphatic heterocycles. The molecule has 25 heavy (non-hydrogen) atoms. The molecule has 0 bridgehead atoms. The predicted octanol–water partition coefficient (Wildman–Crippen LogP) is 3.36. The Bertz CT molecular complexity index is 745. The summed E-state index contributed by atoms with van der Waals surface area (Å²) in [6, 6.07) is 12.1. The van der Waals surface area contributed by atoms with Crippen molar-refractivity contribution < 1.29 is 23.9 Å². The van der Waals surface area contributed by atoms with E-state index in [2.05, 4.69) is 0 Å². The lowest BCUT2D eigenvalue weighted by molar-refractivity contribution is -0.163. The standard InChI is InChI=1S/C19H20O5S/c1-4-23-17(21)19(3,18(22)24-5-2)15-12-11-14(25-15)16(20)13-9-7-6-8-10-13/h6-12H,4-5H2,1-3H3. The van der Waals surface area contributed by atoms with Crippen LogP contribution in [0.15, 0.2) is 42.5 Å². The summed E-state index contributed by atoms with van der Waals surface area (Å²) in [7, 11) is 0. The average Bonchev–Trinajstić information content (AvgIpc) is 3.12. The minimum absolute atomic E-state index is 0.148. The number of carbonyl (C=O) groups excluding carboxylic acids is 3. The molecular weight excluding hydrogens is 340 g/mol. The van der Waals surface area contributed by atoms with E-state index in [4.69, 9.17) is 9.47 Å². The van der Waals surface area contributed by atoms with Crippen molar-refractivity contribution in [2.45, 2.75) is 26.2 Å². The van der Waals surface area contributed by atoms with Crippen molar-refractivity contribution in [1.82, 2.24) is 0 Å². The first-order chi connectivity index (χ1) is 11.9. The molecule has 0 atom stereocenters. The fourth-order valence-electron chi connectivity index (χ4n) is 2.30. The first-order valence-electron chi connectivity index (χ1n) is 7.99. The predicted molar refractivity (Wildman–Crippen MR) is 94.8 cm³/mol. The molecule has 0 aliphatic rings. The van der Waals surface area contributed by atoms with E-state index in [1.165, 1.54) is 6.92 Å². The smallest absolute Gasteiger partial charge is 0.328 e. The van der Waals surface area contributed by atoms with Gasteiger partial charge in [-0.25, -0.2) is 0 Å². The van der Waals surface area contributed by atoms with Crippen molar-refractivity contribution in [2.75, 3.05) is 13.2 Å². The van der Waals surface area contributed by atoms with Gasteiger partial charge in [0.05, 0.1) is 18.1 Å². The molecule has 0 radical (unpaired) electrons. The highest BCUT2D eigenvalue weighted by Crippen LogP contribution is 2.34. The minimum atomic E-state index is -1.59. The number of ether oxygens (including phenoxy) is 2. The normalized spacial score (nSPS) is 11.0. The van der Waals surface area contributed by atoms with Crippen molar-refractivity contribution in [3.05, 3.63) is 57.8 Å². The molecule has 5 nitrogen and oxygen atoms in total. The summed E-state index contributed by atoms with van der Waals surface area (Å²) in [5.74, 6) is -1.53. The van der Waals surface area contributed by atoms with Crippen LogP contribution in [0.25, 0.3) is 0 Å². The fourth-order valence-corrected chi connectivity index (χ4v) is 3.39. The Balaban J connectivity index is 2.40. The van der Waals surface area contributed by atoms with Gasteiger partial charge in [0.2, 0.25) is 5.78 Å². The Morgan fingerprint density at radius 2 is 1.48 bits per heavy atom. The Morgan fingerprint density at radius 1 is 0.920 bits per heavy atom.